The Labute approximate surface area is 162 Å². The highest BCUT2D eigenvalue weighted by atomic mass is 16.5. The molecule has 0 saturated heterocycles. The van der Waals surface area contributed by atoms with Crippen LogP contribution in [0.15, 0.2) is 41.5 Å². The van der Waals surface area contributed by atoms with Gasteiger partial charge in [-0.25, -0.2) is 4.98 Å². The highest BCUT2D eigenvalue weighted by molar-refractivity contribution is 5.53. The topological polar surface area (TPSA) is 93.2 Å². The van der Waals surface area contributed by atoms with Crippen LogP contribution in [0.3, 0.4) is 0 Å². The summed E-state index contributed by atoms with van der Waals surface area (Å²) in [7, 11) is 3.17. The van der Waals surface area contributed by atoms with E-state index >= 15 is 0 Å². The van der Waals surface area contributed by atoms with Crippen LogP contribution in [0.25, 0.3) is 11.4 Å². The highest BCUT2D eigenvalue weighted by Crippen LogP contribution is 2.24. The predicted molar refractivity (Wildman–Crippen MR) is 103 cm³/mol. The second kappa shape index (κ2) is 7.77. The van der Waals surface area contributed by atoms with Crippen molar-refractivity contribution in [3.63, 3.8) is 0 Å². The molecule has 4 rings (SSSR count). The number of aromatic amines is 1. The van der Waals surface area contributed by atoms with Gasteiger partial charge >= 0.3 is 0 Å². The van der Waals surface area contributed by atoms with Crippen molar-refractivity contribution in [2.45, 2.75) is 19.5 Å². The molecule has 0 atom stereocenters. The summed E-state index contributed by atoms with van der Waals surface area (Å²) in [6.07, 6.45) is 4.04. The lowest BCUT2D eigenvalue weighted by Crippen LogP contribution is -2.35. The Morgan fingerprint density at radius 1 is 1.18 bits per heavy atom. The van der Waals surface area contributed by atoms with Gasteiger partial charge in [0, 0.05) is 54.8 Å². The van der Waals surface area contributed by atoms with Gasteiger partial charge in [-0.15, -0.1) is 0 Å². The number of ether oxygens (including phenoxy) is 2. The minimum absolute atomic E-state index is 0.0767. The van der Waals surface area contributed by atoms with Crippen molar-refractivity contribution < 1.29 is 9.47 Å². The number of pyridine rings is 2. The summed E-state index contributed by atoms with van der Waals surface area (Å²) in [5, 5.41) is 0. The van der Waals surface area contributed by atoms with E-state index in [9.17, 15) is 4.79 Å². The summed E-state index contributed by atoms with van der Waals surface area (Å²) in [4.78, 5) is 30.8. The second-order valence-corrected chi connectivity index (χ2v) is 6.56. The predicted octanol–water partition coefficient (Wildman–Crippen LogP) is 1.80. The summed E-state index contributed by atoms with van der Waals surface area (Å²) < 4.78 is 10.6. The Kier molecular flexibility index (Phi) is 5.03. The lowest BCUT2D eigenvalue weighted by Gasteiger charge is -2.28. The van der Waals surface area contributed by atoms with E-state index in [1.54, 1.807) is 26.6 Å². The van der Waals surface area contributed by atoms with Gasteiger partial charge in [0.15, 0.2) is 0 Å². The molecular weight excluding hydrogens is 358 g/mol. The fourth-order valence-corrected chi connectivity index (χ4v) is 3.37. The fraction of sp³-hybridized carbons (Fsp3) is 0.300. The molecule has 3 aromatic rings. The van der Waals surface area contributed by atoms with Gasteiger partial charge in [0.1, 0.15) is 5.82 Å². The minimum Gasteiger partial charge on any atom is -0.481 e. The largest absolute Gasteiger partial charge is 0.481 e. The number of H-pyrrole nitrogens is 1. The molecule has 3 aromatic heterocycles. The molecule has 0 saturated carbocycles. The Bertz CT molecular complexity index is 1040. The van der Waals surface area contributed by atoms with Crippen LogP contribution in [-0.4, -0.2) is 45.6 Å². The van der Waals surface area contributed by atoms with Crippen molar-refractivity contribution in [3.05, 3.63) is 63.8 Å². The van der Waals surface area contributed by atoms with Crippen molar-refractivity contribution in [1.29, 1.82) is 0 Å². The lowest BCUT2D eigenvalue weighted by molar-refractivity contribution is 0.235. The molecule has 0 radical (unpaired) electrons. The van der Waals surface area contributed by atoms with E-state index in [-0.39, 0.29) is 5.56 Å². The molecule has 8 heteroatoms. The van der Waals surface area contributed by atoms with Crippen LogP contribution in [0.2, 0.25) is 0 Å². The zero-order valence-corrected chi connectivity index (χ0v) is 15.8. The van der Waals surface area contributed by atoms with Crippen LogP contribution >= 0.6 is 0 Å². The van der Waals surface area contributed by atoms with Crippen molar-refractivity contribution in [1.82, 2.24) is 24.8 Å². The molecule has 0 amide bonds. The number of methoxy groups -OCH3 is 2. The van der Waals surface area contributed by atoms with Gasteiger partial charge in [0.25, 0.3) is 5.56 Å². The Hall–Kier alpha value is -3.26. The summed E-state index contributed by atoms with van der Waals surface area (Å²) in [6.45, 7) is 2.00. The third-order valence-electron chi connectivity index (χ3n) is 4.80. The first-order valence-corrected chi connectivity index (χ1v) is 9.00. The maximum atomic E-state index is 12.5. The summed E-state index contributed by atoms with van der Waals surface area (Å²) >= 11 is 0. The SMILES string of the molecule is COc1ccc(CN2CCc3c(nc(-c4cccnc4)[nH]c3=O)C2)c(OC)n1. The standard InChI is InChI=1S/C20H21N5O3/c1-27-17-6-5-14(20(23-17)28-2)11-25-9-7-15-16(12-25)22-18(24-19(15)26)13-4-3-8-21-10-13/h3-6,8,10H,7,9,11-12H2,1-2H3,(H,22,24,26). The monoisotopic (exact) mass is 379 g/mol. The number of fused-ring (bicyclic) bond motifs is 1. The van der Waals surface area contributed by atoms with E-state index in [1.165, 1.54) is 0 Å². The molecule has 0 bridgehead atoms. The number of nitrogens with one attached hydrogen (secondary N) is 1. The molecule has 0 unspecified atom stereocenters. The average molecular weight is 379 g/mol. The van der Waals surface area contributed by atoms with Crippen LogP contribution in [0.4, 0.5) is 0 Å². The van der Waals surface area contributed by atoms with E-state index in [0.29, 0.717) is 37.1 Å². The molecule has 1 aliphatic heterocycles. The molecule has 28 heavy (non-hydrogen) atoms. The van der Waals surface area contributed by atoms with Gasteiger partial charge in [-0.1, -0.05) is 0 Å². The van der Waals surface area contributed by atoms with Gasteiger partial charge < -0.3 is 14.5 Å². The molecule has 144 valence electrons. The van der Waals surface area contributed by atoms with Crippen molar-refractivity contribution >= 4 is 0 Å². The molecule has 1 aliphatic rings. The average Bonchev–Trinajstić information content (AvgIpc) is 2.74. The molecule has 1 N–H and O–H groups in total. The smallest absolute Gasteiger partial charge is 0.254 e. The van der Waals surface area contributed by atoms with Gasteiger partial charge in [-0.2, -0.15) is 4.98 Å². The first-order chi connectivity index (χ1) is 13.7. The van der Waals surface area contributed by atoms with Gasteiger partial charge in [0.2, 0.25) is 11.8 Å². The van der Waals surface area contributed by atoms with Crippen LogP contribution in [0.5, 0.6) is 11.8 Å². The zero-order valence-electron chi connectivity index (χ0n) is 15.8. The highest BCUT2D eigenvalue weighted by Gasteiger charge is 2.22. The van der Waals surface area contributed by atoms with Crippen molar-refractivity contribution in [2.24, 2.45) is 0 Å². The Balaban J connectivity index is 1.59. The zero-order chi connectivity index (χ0) is 19.5. The quantitative estimate of drug-likeness (QED) is 0.722. The fourth-order valence-electron chi connectivity index (χ4n) is 3.37. The third kappa shape index (κ3) is 3.59. The maximum Gasteiger partial charge on any atom is 0.254 e. The number of rotatable bonds is 5. The molecule has 8 nitrogen and oxygen atoms in total. The molecular formula is C20H21N5O3. The Morgan fingerprint density at radius 3 is 2.82 bits per heavy atom. The Morgan fingerprint density at radius 2 is 2.07 bits per heavy atom. The summed E-state index contributed by atoms with van der Waals surface area (Å²) in [5.41, 5.74) is 3.23. The van der Waals surface area contributed by atoms with Crippen LogP contribution in [-0.2, 0) is 19.5 Å². The molecule has 0 aliphatic carbocycles. The van der Waals surface area contributed by atoms with E-state index in [0.717, 1.165) is 28.9 Å². The first-order valence-electron chi connectivity index (χ1n) is 9.00. The van der Waals surface area contributed by atoms with Crippen molar-refractivity contribution in [2.75, 3.05) is 20.8 Å². The van der Waals surface area contributed by atoms with Gasteiger partial charge in [0.05, 0.1) is 19.9 Å². The maximum absolute atomic E-state index is 12.5. The lowest BCUT2D eigenvalue weighted by atomic mass is 10.1. The van der Waals surface area contributed by atoms with Crippen LogP contribution in [0.1, 0.15) is 16.8 Å². The normalized spacial score (nSPS) is 13.8. The molecule has 0 aromatic carbocycles. The summed E-state index contributed by atoms with van der Waals surface area (Å²) in [6, 6.07) is 7.47. The number of aromatic nitrogens is 4. The van der Waals surface area contributed by atoms with E-state index in [4.69, 9.17) is 14.5 Å². The van der Waals surface area contributed by atoms with Crippen molar-refractivity contribution in [3.8, 4) is 23.1 Å². The van der Waals surface area contributed by atoms with Crippen LogP contribution in [0, 0.1) is 0 Å². The van der Waals surface area contributed by atoms with Gasteiger partial charge in [-0.3, -0.25) is 14.7 Å². The second-order valence-electron chi connectivity index (χ2n) is 6.56. The number of hydrogen-bond acceptors (Lipinski definition) is 7. The molecule has 0 spiro atoms. The molecule has 0 fully saturated rings. The third-order valence-corrected chi connectivity index (χ3v) is 4.80. The minimum atomic E-state index is -0.0767. The number of nitrogens with zero attached hydrogens (tertiary/aromatic N) is 4. The van der Waals surface area contributed by atoms with Crippen LogP contribution < -0.4 is 15.0 Å². The first kappa shape index (κ1) is 18.1. The van der Waals surface area contributed by atoms with Gasteiger partial charge in [-0.05, 0) is 24.6 Å². The van der Waals surface area contributed by atoms with E-state index in [2.05, 4.69) is 19.9 Å². The summed E-state index contributed by atoms with van der Waals surface area (Å²) in [5.74, 6) is 1.60. The number of hydrogen-bond donors (Lipinski definition) is 1. The van der Waals surface area contributed by atoms with E-state index in [1.807, 2.05) is 24.3 Å². The molecule has 4 heterocycles. The van der Waals surface area contributed by atoms with E-state index < -0.39 is 0 Å².